The van der Waals surface area contributed by atoms with Gasteiger partial charge in [-0.3, -0.25) is 9.52 Å². The molecule has 3 aromatic carbocycles. The normalized spacial score (nSPS) is 14.1. The maximum atomic E-state index is 13.2. The predicted octanol–water partition coefficient (Wildman–Crippen LogP) is 3.84. The molecule has 0 aromatic heterocycles. The molecule has 1 aliphatic rings. The fraction of sp³-hybridized carbons (Fsp3) is 0.185. The van der Waals surface area contributed by atoms with Crippen LogP contribution in [0, 0.1) is 0 Å². The maximum Gasteiger partial charge on any atom is 0.337 e. The van der Waals surface area contributed by atoms with E-state index in [-0.39, 0.29) is 5.91 Å². The summed E-state index contributed by atoms with van der Waals surface area (Å²) in [5, 5.41) is 6.18. The molecule has 0 bridgehead atoms. The second-order valence-corrected chi connectivity index (χ2v) is 10.7. The van der Waals surface area contributed by atoms with Crippen molar-refractivity contribution in [2.45, 2.75) is 6.54 Å². The number of carbonyl (C=O) groups is 2. The van der Waals surface area contributed by atoms with Gasteiger partial charge in [-0.15, -0.1) is 0 Å². The van der Waals surface area contributed by atoms with E-state index in [2.05, 4.69) is 15.4 Å². The average molecular weight is 521 g/mol. The molecule has 1 heterocycles. The number of fused-ring (bicyclic) bond motifs is 1. The van der Waals surface area contributed by atoms with Gasteiger partial charge in [0.15, 0.2) is 0 Å². The van der Waals surface area contributed by atoms with Gasteiger partial charge in [-0.25, -0.2) is 13.2 Å². The van der Waals surface area contributed by atoms with Crippen LogP contribution in [0.3, 0.4) is 0 Å². The van der Waals surface area contributed by atoms with E-state index in [0.29, 0.717) is 46.0 Å². The lowest BCUT2D eigenvalue weighted by atomic mass is 9.99. The Morgan fingerprint density at radius 2 is 1.73 bits per heavy atom. The summed E-state index contributed by atoms with van der Waals surface area (Å²) < 4.78 is 31.5. The van der Waals surface area contributed by atoms with Crippen molar-refractivity contribution in [3.63, 3.8) is 0 Å². The van der Waals surface area contributed by atoms with Crippen LogP contribution >= 0.6 is 0 Å². The van der Waals surface area contributed by atoms with Crippen LogP contribution in [0.25, 0.3) is 11.3 Å². The lowest BCUT2D eigenvalue weighted by Gasteiger charge is -2.19. The van der Waals surface area contributed by atoms with Crippen molar-refractivity contribution >= 4 is 50.2 Å². The van der Waals surface area contributed by atoms with Crippen LogP contribution in [0.1, 0.15) is 27.0 Å². The first-order chi connectivity index (χ1) is 17.6. The SMILES string of the molecule is COC(=O)c1ccc2c(c1)NC(=O)C2=C(Nc1ccc(CN(C)C)c(NS(C)(=O)=O)c1)c1ccccc1. The highest BCUT2D eigenvalue weighted by Gasteiger charge is 2.29. The molecule has 9 nitrogen and oxygen atoms in total. The van der Waals surface area contributed by atoms with Crippen LogP contribution in [0.5, 0.6) is 0 Å². The van der Waals surface area contributed by atoms with Crippen LogP contribution in [-0.2, 0) is 26.1 Å². The van der Waals surface area contributed by atoms with Crippen LogP contribution in [0.4, 0.5) is 17.1 Å². The quantitative estimate of drug-likeness (QED) is 0.305. The van der Waals surface area contributed by atoms with Gasteiger partial charge in [0, 0.05) is 17.8 Å². The van der Waals surface area contributed by atoms with E-state index in [9.17, 15) is 18.0 Å². The third kappa shape index (κ3) is 5.99. The number of anilines is 3. The molecule has 37 heavy (non-hydrogen) atoms. The molecule has 0 atom stereocenters. The minimum absolute atomic E-state index is 0.324. The smallest absolute Gasteiger partial charge is 0.337 e. The fourth-order valence-electron chi connectivity index (χ4n) is 4.12. The molecule has 10 heteroatoms. The number of ether oxygens (including phenoxy) is 1. The summed E-state index contributed by atoms with van der Waals surface area (Å²) in [7, 11) is 1.58. The van der Waals surface area contributed by atoms with Gasteiger partial charge >= 0.3 is 5.97 Å². The molecule has 3 aromatic rings. The first-order valence-electron chi connectivity index (χ1n) is 11.4. The summed E-state index contributed by atoms with van der Waals surface area (Å²) in [6, 6.07) is 19.6. The Balaban J connectivity index is 1.84. The molecular weight excluding hydrogens is 492 g/mol. The van der Waals surface area contributed by atoms with Crippen LogP contribution in [-0.4, -0.2) is 52.7 Å². The highest BCUT2D eigenvalue weighted by Crippen LogP contribution is 2.38. The summed E-state index contributed by atoms with van der Waals surface area (Å²) in [6.07, 6.45) is 1.10. The number of nitrogens with zero attached hydrogens (tertiary/aromatic N) is 1. The van der Waals surface area contributed by atoms with Crippen LogP contribution in [0.2, 0.25) is 0 Å². The Kier molecular flexibility index (Phi) is 7.33. The molecule has 0 aliphatic carbocycles. The van der Waals surface area contributed by atoms with Gasteiger partial charge in [0.25, 0.3) is 5.91 Å². The number of nitrogens with one attached hydrogen (secondary N) is 3. The Labute approximate surface area is 216 Å². The number of hydrogen-bond donors (Lipinski definition) is 3. The van der Waals surface area contributed by atoms with E-state index >= 15 is 0 Å². The van der Waals surface area contributed by atoms with Crippen molar-refractivity contribution in [1.29, 1.82) is 0 Å². The molecular formula is C27H28N4O5S. The lowest BCUT2D eigenvalue weighted by molar-refractivity contribution is -0.110. The number of sulfonamides is 1. The monoisotopic (exact) mass is 520 g/mol. The summed E-state index contributed by atoms with van der Waals surface area (Å²) in [4.78, 5) is 27.1. The largest absolute Gasteiger partial charge is 0.465 e. The van der Waals surface area contributed by atoms with Crippen molar-refractivity contribution < 1.29 is 22.7 Å². The van der Waals surface area contributed by atoms with Crippen molar-refractivity contribution in [3.05, 3.63) is 89.0 Å². The van der Waals surface area contributed by atoms with Gasteiger partial charge in [-0.1, -0.05) is 42.5 Å². The minimum atomic E-state index is -3.52. The molecule has 1 aliphatic heterocycles. The Bertz CT molecular complexity index is 1500. The number of hydrogen-bond acceptors (Lipinski definition) is 7. The number of methoxy groups -OCH3 is 1. The van der Waals surface area contributed by atoms with Crippen LogP contribution in [0.15, 0.2) is 66.7 Å². The molecule has 4 rings (SSSR count). The second-order valence-electron chi connectivity index (χ2n) is 8.93. The second kappa shape index (κ2) is 10.5. The number of amides is 1. The third-order valence-electron chi connectivity index (χ3n) is 5.66. The topological polar surface area (TPSA) is 117 Å². The highest BCUT2D eigenvalue weighted by atomic mass is 32.2. The zero-order valence-electron chi connectivity index (χ0n) is 21.0. The zero-order chi connectivity index (χ0) is 26.7. The number of benzene rings is 3. The van der Waals surface area contributed by atoms with E-state index in [1.807, 2.05) is 61.5 Å². The number of rotatable bonds is 8. The van der Waals surface area contributed by atoms with E-state index in [1.165, 1.54) is 7.11 Å². The molecule has 0 unspecified atom stereocenters. The standard InChI is InChI=1S/C27H28N4O5S/c1-31(2)16-19-10-12-20(15-22(19)30-37(4,34)35)28-25(17-8-6-5-7-9-17)24-21-13-11-18(27(33)36-3)14-23(21)29-26(24)32/h5-15,28,30H,16H2,1-4H3,(H,29,32). The fourth-order valence-corrected chi connectivity index (χ4v) is 4.71. The molecule has 3 N–H and O–H groups in total. The van der Waals surface area contributed by atoms with E-state index in [1.54, 1.807) is 24.3 Å². The predicted molar refractivity (Wildman–Crippen MR) is 146 cm³/mol. The summed E-state index contributed by atoms with van der Waals surface area (Å²) in [5.74, 6) is -0.832. The molecule has 1 amide bonds. The summed E-state index contributed by atoms with van der Waals surface area (Å²) in [6.45, 7) is 0.531. The van der Waals surface area contributed by atoms with Crippen LogP contribution < -0.4 is 15.4 Å². The summed E-state index contributed by atoms with van der Waals surface area (Å²) >= 11 is 0. The maximum absolute atomic E-state index is 13.2. The van der Waals surface area contributed by atoms with Gasteiger partial charge in [-0.05, 0) is 49.5 Å². The molecule has 192 valence electrons. The van der Waals surface area contributed by atoms with Gasteiger partial charge in [-0.2, -0.15) is 0 Å². The van der Waals surface area contributed by atoms with E-state index in [0.717, 1.165) is 17.4 Å². The first-order valence-corrected chi connectivity index (χ1v) is 13.3. The van der Waals surface area contributed by atoms with E-state index < -0.39 is 16.0 Å². The molecule has 0 radical (unpaired) electrons. The zero-order valence-corrected chi connectivity index (χ0v) is 21.8. The van der Waals surface area contributed by atoms with Crippen molar-refractivity contribution in [2.24, 2.45) is 0 Å². The third-order valence-corrected chi connectivity index (χ3v) is 6.25. The Morgan fingerprint density at radius 3 is 2.38 bits per heavy atom. The van der Waals surface area contributed by atoms with Gasteiger partial charge in [0.1, 0.15) is 0 Å². The lowest BCUT2D eigenvalue weighted by Crippen LogP contribution is -2.16. The Morgan fingerprint density at radius 1 is 1.00 bits per heavy atom. The van der Waals surface area contributed by atoms with Crippen molar-refractivity contribution in [3.8, 4) is 0 Å². The summed E-state index contributed by atoms with van der Waals surface area (Å²) in [5.41, 5.74) is 4.97. The first kappa shape index (κ1) is 25.9. The van der Waals surface area contributed by atoms with Crippen molar-refractivity contribution in [2.75, 3.05) is 42.8 Å². The van der Waals surface area contributed by atoms with Gasteiger partial charge < -0.3 is 20.3 Å². The molecule has 0 fully saturated rings. The minimum Gasteiger partial charge on any atom is -0.465 e. The van der Waals surface area contributed by atoms with Gasteiger partial charge in [0.2, 0.25) is 10.0 Å². The van der Waals surface area contributed by atoms with Crippen molar-refractivity contribution in [1.82, 2.24) is 4.90 Å². The number of esters is 1. The highest BCUT2D eigenvalue weighted by molar-refractivity contribution is 7.92. The molecule has 0 spiro atoms. The Hall–Kier alpha value is -4.15. The number of carbonyl (C=O) groups excluding carboxylic acids is 2. The van der Waals surface area contributed by atoms with Gasteiger partial charge in [0.05, 0.1) is 41.6 Å². The van der Waals surface area contributed by atoms with E-state index in [4.69, 9.17) is 4.74 Å². The average Bonchev–Trinajstić information content (AvgIpc) is 3.17. The molecule has 0 saturated carbocycles. The molecule has 0 saturated heterocycles.